The van der Waals surface area contributed by atoms with Crippen LogP contribution in [0.15, 0.2) is 18.2 Å². The van der Waals surface area contributed by atoms with Crippen LogP contribution in [-0.2, 0) is 16.5 Å². The summed E-state index contributed by atoms with van der Waals surface area (Å²) in [5.74, 6) is -0.602. The summed E-state index contributed by atoms with van der Waals surface area (Å²) in [5, 5.41) is 0. The van der Waals surface area contributed by atoms with Gasteiger partial charge in [0.05, 0.1) is 5.75 Å². The van der Waals surface area contributed by atoms with Crippen molar-refractivity contribution in [3.05, 3.63) is 34.9 Å². The van der Waals surface area contributed by atoms with Crippen molar-refractivity contribution in [2.45, 2.75) is 12.7 Å². The van der Waals surface area contributed by atoms with E-state index in [-0.39, 0.29) is 5.75 Å². The molecule has 0 aliphatic carbocycles. The maximum absolute atomic E-state index is 10.8. The number of hydrogen-bond donors (Lipinski definition) is 2. The highest BCUT2D eigenvalue weighted by Crippen LogP contribution is 2.11. The van der Waals surface area contributed by atoms with Crippen LogP contribution >= 0.6 is 0 Å². The lowest BCUT2D eigenvalue weighted by atomic mass is 10.1. The molecule has 5 heteroatoms. The second-order valence-electron chi connectivity index (χ2n) is 3.00. The molecule has 0 spiro atoms. The maximum atomic E-state index is 10.8. The number of thiol groups is 1. The highest BCUT2D eigenvalue weighted by molar-refractivity contribution is 7.71. The molecular weight excluding hydrogens is 202 g/mol. The molecule has 0 radical (unpaired) electrons. The first-order chi connectivity index (χ1) is 6.50. The SMILES string of the molecule is Cc1ccc(C(N)=O)cc1C[SH](=O)=O. The molecule has 0 heterocycles. The Morgan fingerprint density at radius 2 is 2.07 bits per heavy atom. The lowest BCUT2D eigenvalue weighted by molar-refractivity contribution is 0.1000. The van der Waals surface area contributed by atoms with Gasteiger partial charge in [-0.25, -0.2) is 8.42 Å². The van der Waals surface area contributed by atoms with Crippen molar-refractivity contribution in [1.82, 2.24) is 0 Å². The van der Waals surface area contributed by atoms with Gasteiger partial charge in [0.25, 0.3) is 0 Å². The number of rotatable bonds is 3. The standard InChI is InChI=1S/C9H11NO3S/c1-6-2-3-7(9(10)11)4-8(6)5-14(12)13/h2-4,14H,5H2,1H3,(H2,10,11). The molecule has 2 N–H and O–H groups in total. The Bertz CT molecular complexity index is 430. The van der Waals surface area contributed by atoms with Crippen molar-refractivity contribution in [2.75, 3.05) is 0 Å². The van der Waals surface area contributed by atoms with Crippen LogP contribution in [0.25, 0.3) is 0 Å². The van der Waals surface area contributed by atoms with Gasteiger partial charge in [-0.3, -0.25) is 4.79 Å². The Morgan fingerprint density at radius 1 is 1.43 bits per heavy atom. The minimum absolute atomic E-state index is 0.0533. The van der Waals surface area contributed by atoms with E-state index in [0.29, 0.717) is 11.1 Å². The van der Waals surface area contributed by atoms with Crippen molar-refractivity contribution >= 4 is 16.6 Å². The highest BCUT2D eigenvalue weighted by atomic mass is 32.2. The van der Waals surface area contributed by atoms with Gasteiger partial charge in [-0.15, -0.1) is 0 Å². The third-order valence-electron chi connectivity index (χ3n) is 1.93. The summed E-state index contributed by atoms with van der Waals surface area (Å²) in [4.78, 5) is 10.8. The van der Waals surface area contributed by atoms with E-state index in [1.165, 1.54) is 6.07 Å². The zero-order valence-corrected chi connectivity index (χ0v) is 8.58. The fourth-order valence-corrected chi connectivity index (χ4v) is 1.75. The fraction of sp³-hybridized carbons (Fsp3) is 0.222. The summed E-state index contributed by atoms with van der Waals surface area (Å²) in [6.45, 7) is 1.79. The second kappa shape index (κ2) is 4.23. The van der Waals surface area contributed by atoms with Crippen LogP contribution in [0.5, 0.6) is 0 Å². The number of hydrogen-bond acceptors (Lipinski definition) is 3. The van der Waals surface area contributed by atoms with E-state index in [4.69, 9.17) is 5.73 Å². The number of nitrogens with two attached hydrogens (primary N) is 1. The van der Waals surface area contributed by atoms with Gasteiger partial charge in [0.1, 0.15) is 10.7 Å². The Balaban J connectivity index is 3.14. The molecule has 0 bridgehead atoms. The molecular formula is C9H11NO3S. The van der Waals surface area contributed by atoms with E-state index in [9.17, 15) is 13.2 Å². The van der Waals surface area contributed by atoms with Crippen molar-refractivity contribution in [3.63, 3.8) is 0 Å². The van der Waals surface area contributed by atoms with Crippen molar-refractivity contribution in [1.29, 1.82) is 0 Å². The first-order valence-electron chi connectivity index (χ1n) is 4.02. The third-order valence-corrected chi connectivity index (χ3v) is 2.53. The number of carbonyl (C=O) groups is 1. The Hall–Kier alpha value is -1.36. The largest absolute Gasteiger partial charge is 0.366 e. The first-order valence-corrected chi connectivity index (χ1v) is 5.38. The van der Waals surface area contributed by atoms with E-state index >= 15 is 0 Å². The van der Waals surface area contributed by atoms with Crippen LogP contribution in [0.4, 0.5) is 0 Å². The van der Waals surface area contributed by atoms with Gasteiger partial charge in [0, 0.05) is 5.56 Å². The Kier molecular flexibility index (Phi) is 3.24. The normalized spacial score (nSPS) is 10.4. The molecule has 0 unspecified atom stereocenters. The van der Waals surface area contributed by atoms with Crippen LogP contribution in [0.3, 0.4) is 0 Å². The van der Waals surface area contributed by atoms with Crippen LogP contribution in [0.2, 0.25) is 0 Å². The van der Waals surface area contributed by atoms with Crippen molar-refractivity contribution < 1.29 is 13.2 Å². The molecule has 1 aromatic rings. The van der Waals surface area contributed by atoms with Gasteiger partial charge in [-0.1, -0.05) is 6.07 Å². The Morgan fingerprint density at radius 3 is 2.57 bits per heavy atom. The molecule has 14 heavy (non-hydrogen) atoms. The predicted octanol–water partition coefficient (Wildman–Crippen LogP) is 0.205. The molecule has 0 aliphatic rings. The van der Waals surface area contributed by atoms with E-state index in [1.807, 2.05) is 0 Å². The minimum Gasteiger partial charge on any atom is -0.366 e. The maximum Gasteiger partial charge on any atom is 0.248 e. The zero-order valence-electron chi connectivity index (χ0n) is 7.69. The summed E-state index contributed by atoms with van der Waals surface area (Å²) >= 11 is 0. The van der Waals surface area contributed by atoms with E-state index in [1.54, 1.807) is 19.1 Å². The predicted molar refractivity (Wildman–Crippen MR) is 53.7 cm³/mol. The van der Waals surface area contributed by atoms with E-state index < -0.39 is 16.6 Å². The highest BCUT2D eigenvalue weighted by Gasteiger charge is 2.05. The molecule has 4 nitrogen and oxygen atoms in total. The van der Waals surface area contributed by atoms with Crippen molar-refractivity contribution in [3.8, 4) is 0 Å². The first kappa shape index (κ1) is 10.7. The molecule has 0 aromatic heterocycles. The van der Waals surface area contributed by atoms with Crippen molar-refractivity contribution in [2.24, 2.45) is 5.73 Å². The fourth-order valence-electron chi connectivity index (χ4n) is 1.13. The van der Waals surface area contributed by atoms with Crippen LogP contribution in [0.1, 0.15) is 21.5 Å². The summed E-state index contributed by atoms with van der Waals surface area (Å²) < 4.78 is 21.0. The topological polar surface area (TPSA) is 77.2 Å². The van der Waals surface area contributed by atoms with Crippen LogP contribution in [-0.4, -0.2) is 14.3 Å². The molecule has 0 aliphatic heterocycles. The molecule has 0 fully saturated rings. The van der Waals surface area contributed by atoms with Crippen LogP contribution < -0.4 is 5.73 Å². The van der Waals surface area contributed by atoms with Gasteiger partial charge in [0.15, 0.2) is 0 Å². The number of amides is 1. The average molecular weight is 213 g/mol. The Labute approximate surface area is 83.7 Å². The summed E-state index contributed by atoms with van der Waals surface area (Å²) in [6.07, 6.45) is 0. The van der Waals surface area contributed by atoms with Gasteiger partial charge in [0.2, 0.25) is 5.91 Å². The molecule has 1 rings (SSSR count). The monoisotopic (exact) mass is 213 g/mol. The summed E-state index contributed by atoms with van der Waals surface area (Å²) in [5.41, 5.74) is 6.87. The molecule has 0 saturated heterocycles. The van der Waals surface area contributed by atoms with Crippen LogP contribution in [0, 0.1) is 6.92 Å². The average Bonchev–Trinajstić information content (AvgIpc) is 2.07. The smallest absolute Gasteiger partial charge is 0.248 e. The van der Waals surface area contributed by atoms with Gasteiger partial charge in [-0.05, 0) is 30.2 Å². The number of aryl methyl sites for hydroxylation is 1. The van der Waals surface area contributed by atoms with Gasteiger partial charge in [-0.2, -0.15) is 0 Å². The number of carbonyl (C=O) groups excluding carboxylic acids is 1. The molecule has 76 valence electrons. The molecule has 0 atom stereocenters. The molecule has 0 saturated carbocycles. The van der Waals surface area contributed by atoms with Gasteiger partial charge < -0.3 is 5.73 Å². The van der Waals surface area contributed by atoms with E-state index in [0.717, 1.165) is 5.56 Å². The number of primary amides is 1. The molecule has 1 amide bonds. The summed E-state index contributed by atoms with van der Waals surface area (Å²) in [7, 11) is -2.48. The molecule has 1 aromatic carbocycles. The quantitative estimate of drug-likeness (QED) is 0.704. The second-order valence-corrected chi connectivity index (χ2v) is 3.98. The van der Waals surface area contributed by atoms with Gasteiger partial charge >= 0.3 is 0 Å². The lowest BCUT2D eigenvalue weighted by Gasteiger charge is -2.03. The van der Waals surface area contributed by atoms with E-state index in [2.05, 4.69) is 0 Å². The summed E-state index contributed by atoms with van der Waals surface area (Å²) in [6, 6.07) is 4.79. The lowest BCUT2D eigenvalue weighted by Crippen LogP contribution is -2.11. The zero-order chi connectivity index (χ0) is 10.7. The number of benzene rings is 1. The third kappa shape index (κ3) is 2.56. The minimum atomic E-state index is -2.48.